The van der Waals surface area contributed by atoms with Gasteiger partial charge in [0.1, 0.15) is 23.0 Å². The maximum Gasteiger partial charge on any atom is 0.263 e. The van der Waals surface area contributed by atoms with E-state index in [0.717, 1.165) is 5.56 Å². The molecule has 0 bridgehead atoms. The molecule has 3 aromatic carbocycles. The molecule has 2 N–H and O–H groups in total. The largest absolute Gasteiger partial charge is 0.497 e. The Balaban J connectivity index is 1.65. The maximum absolute atomic E-state index is 12.8. The van der Waals surface area contributed by atoms with Crippen molar-refractivity contribution in [3.63, 3.8) is 0 Å². The summed E-state index contributed by atoms with van der Waals surface area (Å²) in [4.78, 5) is 12.3. The number of carbonyl (C=O) groups excluding carboxylic acids is 1. The summed E-state index contributed by atoms with van der Waals surface area (Å²) in [5.74, 6) is 0.871. The number of methoxy groups -OCH3 is 1. The van der Waals surface area contributed by atoms with Crippen molar-refractivity contribution in [1.82, 2.24) is 5.32 Å². The van der Waals surface area contributed by atoms with Crippen LogP contribution in [0.2, 0.25) is 5.02 Å². The maximum atomic E-state index is 12.8. The lowest BCUT2D eigenvalue weighted by molar-refractivity contribution is 0.0946. The van der Waals surface area contributed by atoms with Crippen molar-refractivity contribution in [3.05, 3.63) is 82.9 Å². The Morgan fingerprint density at radius 3 is 2.44 bits per heavy atom. The van der Waals surface area contributed by atoms with Crippen LogP contribution in [0.4, 0.5) is 5.69 Å². The second-order valence-corrected chi connectivity index (χ2v) is 8.96. The van der Waals surface area contributed by atoms with Crippen LogP contribution in [0.15, 0.2) is 71.6 Å². The minimum absolute atomic E-state index is 0.00495. The lowest BCUT2D eigenvalue weighted by Crippen LogP contribution is -2.28. The second-order valence-electron chi connectivity index (χ2n) is 6.90. The number of anilines is 1. The van der Waals surface area contributed by atoms with Gasteiger partial charge in [-0.15, -0.1) is 0 Å². The summed E-state index contributed by atoms with van der Waals surface area (Å²) in [5, 5.41) is 2.71. The summed E-state index contributed by atoms with van der Waals surface area (Å²) in [7, 11) is -2.49. The van der Waals surface area contributed by atoms with Crippen LogP contribution < -0.4 is 19.5 Å². The fraction of sp³-hybridized carbons (Fsp3) is 0.174. The van der Waals surface area contributed by atoms with Crippen LogP contribution in [0.25, 0.3) is 0 Å². The smallest absolute Gasteiger partial charge is 0.263 e. The van der Waals surface area contributed by atoms with E-state index < -0.39 is 15.9 Å². The molecule has 0 aliphatic rings. The van der Waals surface area contributed by atoms with Crippen LogP contribution in [-0.4, -0.2) is 34.6 Å². The molecule has 1 amide bonds. The van der Waals surface area contributed by atoms with Crippen molar-refractivity contribution in [1.29, 1.82) is 0 Å². The van der Waals surface area contributed by atoms with Crippen molar-refractivity contribution in [2.45, 2.75) is 11.8 Å². The second kappa shape index (κ2) is 10.4. The van der Waals surface area contributed by atoms with Gasteiger partial charge in [-0.25, -0.2) is 8.42 Å². The Bertz CT molecular complexity index is 1200. The minimum atomic E-state index is -4.01. The fourth-order valence-corrected chi connectivity index (χ4v) is 4.45. The quantitative estimate of drug-likeness (QED) is 0.452. The summed E-state index contributed by atoms with van der Waals surface area (Å²) in [6.45, 7) is 2.48. The van der Waals surface area contributed by atoms with Gasteiger partial charge in [-0.3, -0.25) is 9.52 Å². The molecule has 9 heteroatoms. The first kappa shape index (κ1) is 23.4. The highest BCUT2D eigenvalue weighted by Gasteiger charge is 2.20. The molecule has 0 unspecified atom stereocenters. The number of nitrogens with one attached hydrogen (secondary N) is 2. The highest BCUT2D eigenvalue weighted by atomic mass is 35.5. The normalized spacial score (nSPS) is 11.0. The Kier molecular flexibility index (Phi) is 7.61. The number of ether oxygens (including phenoxy) is 2. The van der Waals surface area contributed by atoms with E-state index >= 15 is 0 Å². The number of carbonyl (C=O) groups is 1. The molecule has 0 heterocycles. The molecule has 0 saturated carbocycles. The number of aryl methyl sites for hydroxylation is 1. The van der Waals surface area contributed by atoms with Gasteiger partial charge in [0, 0.05) is 11.3 Å². The SMILES string of the molecule is COc1ccc(NS(=O)(=O)c2cc(C(=O)NCCOc3cccc(C)c3)ccc2Cl)cc1. The highest BCUT2D eigenvalue weighted by molar-refractivity contribution is 7.92. The van der Waals surface area contributed by atoms with Crippen LogP contribution >= 0.6 is 11.6 Å². The first-order chi connectivity index (χ1) is 15.3. The summed E-state index contributed by atoms with van der Waals surface area (Å²) < 4.78 is 38.8. The average Bonchev–Trinajstić information content (AvgIpc) is 2.77. The molecular formula is C23H23ClN2O5S. The van der Waals surface area contributed by atoms with Gasteiger partial charge in [-0.1, -0.05) is 23.7 Å². The molecule has 0 aliphatic carbocycles. The standard InChI is InChI=1S/C23H23ClN2O5S/c1-16-4-3-5-20(14-16)31-13-12-25-23(27)17-6-11-21(24)22(15-17)32(28,29)26-18-7-9-19(30-2)10-8-18/h3-11,14-15,26H,12-13H2,1-2H3,(H,25,27). The topological polar surface area (TPSA) is 93.7 Å². The number of sulfonamides is 1. The molecule has 0 aromatic heterocycles. The minimum Gasteiger partial charge on any atom is -0.497 e. The van der Waals surface area contributed by atoms with E-state index in [9.17, 15) is 13.2 Å². The lowest BCUT2D eigenvalue weighted by atomic mass is 10.2. The zero-order valence-electron chi connectivity index (χ0n) is 17.6. The van der Waals surface area contributed by atoms with Gasteiger partial charge in [0.25, 0.3) is 15.9 Å². The lowest BCUT2D eigenvalue weighted by Gasteiger charge is -2.12. The average molecular weight is 475 g/mol. The van der Waals surface area contributed by atoms with Crippen molar-refractivity contribution < 1.29 is 22.7 Å². The van der Waals surface area contributed by atoms with Crippen molar-refractivity contribution >= 4 is 33.2 Å². The molecule has 0 atom stereocenters. The van der Waals surface area contributed by atoms with Crippen molar-refractivity contribution in [3.8, 4) is 11.5 Å². The highest BCUT2D eigenvalue weighted by Crippen LogP contribution is 2.26. The van der Waals surface area contributed by atoms with Crippen LogP contribution in [-0.2, 0) is 10.0 Å². The van der Waals surface area contributed by atoms with Gasteiger partial charge >= 0.3 is 0 Å². The summed E-state index contributed by atoms with van der Waals surface area (Å²) in [6, 6.07) is 18.0. The van der Waals surface area contributed by atoms with Crippen molar-refractivity contribution in [2.24, 2.45) is 0 Å². The molecule has 0 spiro atoms. The molecule has 3 aromatic rings. The first-order valence-electron chi connectivity index (χ1n) is 9.72. The zero-order valence-corrected chi connectivity index (χ0v) is 19.2. The van der Waals surface area contributed by atoms with E-state index in [-0.39, 0.29) is 28.6 Å². The van der Waals surface area contributed by atoms with E-state index in [1.54, 1.807) is 24.3 Å². The fourth-order valence-electron chi connectivity index (χ4n) is 2.86. The molecule has 32 heavy (non-hydrogen) atoms. The molecule has 7 nitrogen and oxygen atoms in total. The van der Waals surface area contributed by atoms with Gasteiger partial charge in [-0.2, -0.15) is 0 Å². The Hall–Kier alpha value is -3.23. The van der Waals surface area contributed by atoms with E-state index in [1.165, 1.54) is 25.3 Å². The monoisotopic (exact) mass is 474 g/mol. The third kappa shape index (κ3) is 6.15. The first-order valence-corrected chi connectivity index (χ1v) is 11.6. The van der Waals surface area contributed by atoms with Crippen LogP contribution in [0.5, 0.6) is 11.5 Å². The van der Waals surface area contributed by atoms with Crippen LogP contribution in [0, 0.1) is 6.92 Å². The van der Waals surface area contributed by atoms with Gasteiger partial charge in [0.15, 0.2) is 0 Å². The molecule has 0 fully saturated rings. The van der Waals surface area contributed by atoms with Crippen LogP contribution in [0.1, 0.15) is 15.9 Å². The number of hydrogen-bond acceptors (Lipinski definition) is 5. The van der Waals surface area contributed by atoms with E-state index in [0.29, 0.717) is 17.2 Å². The molecule has 0 saturated heterocycles. The third-order valence-electron chi connectivity index (χ3n) is 4.47. The molecular weight excluding hydrogens is 452 g/mol. The van der Waals surface area contributed by atoms with Gasteiger partial charge in [0.2, 0.25) is 0 Å². The van der Waals surface area contributed by atoms with Crippen molar-refractivity contribution in [2.75, 3.05) is 25.0 Å². The molecule has 0 radical (unpaired) electrons. The number of benzene rings is 3. The van der Waals surface area contributed by atoms with Gasteiger partial charge < -0.3 is 14.8 Å². The number of halogens is 1. The summed E-state index contributed by atoms with van der Waals surface area (Å²) in [6.07, 6.45) is 0. The van der Waals surface area contributed by atoms with Crippen LogP contribution in [0.3, 0.4) is 0 Å². The zero-order chi connectivity index (χ0) is 23.1. The van der Waals surface area contributed by atoms with E-state index in [1.807, 2.05) is 31.2 Å². The third-order valence-corrected chi connectivity index (χ3v) is 6.33. The molecule has 0 aliphatic heterocycles. The number of hydrogen-bond donors (Lipinski definition) is 2. The number of rotatable bonds is 9. The predicted molar refractivity (Wildman–Crippen MR) is 124 cm³/mol. The Morgan fingerprint density at radius 2 is 1.75 bits per heavy atom. The van der Waals surface area contributed by atoms with E-state index in [4.69, 9.17) is 21.1 Å². The summed E-state index contributed by atoms with van der Waals surface area (Å²) >= 11 is 6.12. The van der Waals surface area contributed by atoms with E-state index in [2.05, 4.69) is 10.0 Å². The van der Waals surface area contributed by atoms with Gasteiger partial charge in [0.05, 0.1) is 18.7 Å². The Labute approximate surface area is 192 Å². The van der Waals surface area contributed by atoms with Gasteiger partial charge in [-0.05, 0) is 67.1 Å². The Morgan fingerprint density at radius 1 is 1.00 bits per heavy atom. The number of amides is 1. The predicted octanol–water partition coefficient (Wildman–Crippen LogP) is 4.27. The molecule has 168 valence electrons. The summed E-state index contributed by atoms with van der Waals surface area (Å²) in [5.41, 5.74) is 1.58. The molecule has 3 rings (SSSR count).